The zero-order valence-electron chi connectivity index (χ0n) is 9.86. The number of H-pyrrole nitrogens is 1. The molecule has 2 aromatic rings. The van der Waals surface area contributed by atoms with Crippen molar-refractivity contribution in [2.45, 2.75) is 13.0 Å². The third-order valence-electron chi connectivity index (χ3n) is 3.09. The Labute approximate surface area is 105 Å². The molecule has 1 aromatic carbocycles. The van der Waals surface area contributed by atoms with Crippen LogP contribution in [0.2, 0.25) is 0 Å². The second-order valence-electron chi connectivity index (χ2n) is 4.34. The molecule has 0 spiro atoms. The first-order valence-electron chi connectivity index (χ1n) is 5.95. The van der Waals surface area contributed by atoms with E-state index in [0.29, 0.717) is 12.1 Å². The smallest absolute Gasteiger partial charge is 0.251 e. The van der Waals surface area contributed by atoms with E-state index in [0.717, 1.165) is 24.2 Å². The first-order valence-corrected chi connectivity index (χ1v) is 5.95. The van der Waals surface area contributed by atoms with Gasteiger partial charge < -0.3 is 10.6 Å². The van der Waals surface area contributed by atoms with Crippen molar-refractivity contribution in [3.63, 3.8) is 0 Å². The molecule has 0 saturated carbocycles. The molecule has 0 unspecified atom stereocenters. The summed E-state index contributed by atoms with van der Waals surface area (Å²) in [6.45, 7) is 1.44. The number of carbonyl (C=O) groups is 1. The number of hydrogen-bond donors (Lipinski definition) is 3. The fourth-order valence-corrected chi connectivity index (χ4v) is 2.09. The lowest BCUT2D eigenvalue weighted by Gasteiger charge is -2.06. The average Bonchev–Trinajstić information content (AvgIpc) is 3.05. The predicted molar refractivity (Wildman–Crippen MR) is 68.4 cm³/mol. The molecule has 0 bridgehead atoms. The highest BCUT2D eigenvalue weighted by Gasteiger charge is 2.13. The second kappa shape index (κ2) is 4.52. The van der Waals surface area contributed by atoms with Crippen molar-refractivity contribution in [1.82, 2.24) is 15.5 Å². The summed E-state index contributed by atoms with van der Waals surface area (Å²) in [5.41, 5.74) is 4.00. The molecule has 0 atom stereocenters. The molecule has 3 rings (SSSR count). The third kappa shape index (κ3) is 2.07. The number of hydrogen-bond acceptors (Lipinski definition) is 3. The second-order valence-corrected chi connectivity index (χ2v) is 4.34. The van der Waals surface area contributed by atoms with Gasteiger partial charge in [0.05, 0.1) is 6.20 Å². The first-order chi connectivity index (χ1) is 8.83. The number of benzene rings is 1. The Morgan fingerprint density at radius 1 is 1.44 bits per heavy atom. The van der Waals surface area contributed by atoms with E-state index >= 15 is 0 Å². The van der Waals surface area contributed by atoms with Crippen LogP contribution in [0.5, 0.6) is 0 Å². The Kier molecular flexibility index (Phi) is 2.72. The highest BCUT2D eigenvalue weighted by atomic mass is 16.1. The number of anilines is 1. The maximum absolute atomic E-state index is 12.0. The van der Waals surface area contributed by atoms with E-state index in [1.807, 2.05) is 18.2 Å². The molecule has 92 valence electrons. The molecule has 1 aliphatic rings. The summed E-state index contributed by atoms with van der Waals surface area (Å²) in [6, 6.07) is 5.80. The van der Waals surface area contributed by atoms with Crippen molar-refractivity contribution in [2.75, 3.05) is 11.9 Å². The summed E-state index contributed by atoms with van der Waals surface area (Å²) in [7, 11) is 0. The minimum atomic E-state index is -0.0623. The predicted octanol–water partition coefficient (Wildman–Crippen LogP) is 1.31. The fraction of sp³-hybridized carbons (Fsp3) is 0.231. The Morgan fingerprint density at radius 3 is 3.22 bits per heavy atom. The van der Waals surface area contributed by atoms with Gasteiger partial charge in [0, 0.05) is 36.1 Å². The molecule has 5 nitrogen and oxygen atoms in total. The summed E-state index contributed by atoms with van der Waals surface area (Å²) >= 11 is 0. The highest BCUT2D eigenvalue weighted by Crippen LogP contribution is 2.23. The SMILES string of the molecule is O=C(NCc1cn[nH]c1)c1ccc2c(c1)NCC2. The monoisotopic (exact) mass is 242 g/mol. The lowest BCUT2D eigenvalue weighted by molar-refractivity contribution is 0.0951. The fourth-order valence-electron chi connectivity index (χ4n) is 2.09. The number of fused-ring (bicyclic) bond motifs is 1. The van der Waals surface area contributed by atoms with Crippen molar-refractivity contribution >= 4 is 11.6 Å². The molecule has 0 radical (unpaired) electrons. The standard InChI is InChI=1S/C13H14N4O/c18-13(15-6-9-7-16-17-8-9)11-2-1-10-3-4-14-12(10)5-11/h1-2,5,7-8,14H,3-4,6H2,(H,15,18)(H,16,17). The van der Waals surface area contributed by atoms with E-state index in [1.165, 1.54) is 5.56 Å². The van der Waals surface area contributed by atoms with Gasteiger partial charge >= 0.3 is 0 Å². The molecule has 3 N–H and O–H groups in total. The number of carbonyl (C=O) groups excluding carboxylic acids is 1. The number of rotatable bonds is 3. The molecular weight excluding hydrogens is 228 g/mol. The van der Waals surface area contributed by atoms with Gasteiger partial charge in [0.2, 0.25) is 0 Å². The minimum absolute atomic E-state index is 0.0623. The number of aromatic nitrogens is 2. The van der Waals surface area contributed by atoms with Gasteiger partial charge in [0.1, 0.15) is 0 Å². The normalized spacial score (nSPS) is 12.9. The van der Waals surface area contributed by atoms with Crippen molar-refractivity contribution in [2.24, 2.45) is 0 Å². The summed E-state index contributed by atoms with van der Waals surface area (Å²) in [5, 5.41) is 12.7. The van der Waals surface area contributed by atoms with E-state index in [1.54, 1.807) is 12.4 Å². The lowest BCUT2D eigenvalue weighted by Crippen LogP contribution is -2.22. The third-order valence-corrected chi connectivity index (χ3v) is 3.09. The van der Waals surface area contributed by atoms with Crippen molar-refractivity contribution < 1.29 is 4.79 Å². The number of aromatic amines is 1. The minimum Gasteiger partial charge on any atom is -0.384 e. The van der Waals surface area contributed by atoms with Crippen LogP contribution in [-0.4, -0.2) is 22.6 Å². The van der Waals surface area contributed by atoms with Crippen LogP contribution < -0.4 is 10.6 Å². The maximum atomic E-state index is 12.0. The van der Waals surface area contributed by atoms with Crippen LogP contribution >= 0.6 is 0 Å². The Bertz CT molecular complexity index is 562. The molecular formula is C13H14N4O. The summed E-state index contributed by atoms with van der Waals surface area (Å²) in [4.78, 5) is 12.0. The van der Waals surface area contributed by atoms with Gasteiger partial charge in [-0.25, -0.2) is 0 Å². The van der Waals surface area contributed by atoms with Crippen LogP contribution in [0, 0.1) is 0 Å². The zero-order chi connectivity index (χ0) is 12.4. The molecule has 1 aliphatic heterocycles. The number of nitrogens with one attached hydrogen (secondary N) is 3. The van der Waals surface area contributed by atoms with Crippen molar-refractivity contribution in [3.05, 3.63) is 47.3 Å². The molecule has 1 aromatic heterocycles. The van der Waals surface area contributed by atoms with E-state index < -0.39 is 0 Å². The Morgan fingerprint density at radius 2 is 2.39 bits per heavy atom. The topological polar surface area (TPSA) is 69.8 Å². The van der Waals surface area contributed by atoms with Crippen LogP contribution in [0.4, 0.5) is 5.69 Å². The zero-order valence-corrected chi connectivity index (χ0v) is 9.86. The molecule has 2 heterocycles. The van der Waals surface area contributed by atoms with E-state index in [2.05, 4.69) is 20.8 Å². The molecule has 0 aliphatic carbocycles. The van der Waals surface area contributed by atoms with Crippen molar-refractivity contribution in [1.29, 1.82) is 0 Å². The largest absolute Gasteiger partial charge is 0.384 e. The Balaban J connectivity index is 1.69. The van der Waals surface area contributed by atoms with Gasteiger partial charge in [0.15, 0.2) is 0 Å². The van der Waals surface area contributed by atoms with Crippen LogP contribution in [-0.2, 0) is 13.0 Å². The number of nitrogens with zero attached hydrogens (tertiary/aromatic N) is 1. The van der Waals surface area contributed by atoms with E-state index in [9.17, 15) is 4.79 Å². The molecule has 0 saturated heterocycles. The van der Waals surface area contributed by atoms with Gasteiger partial charge in [-0.1, -0.05) is 6.07 Å². The van der Waals surface area contributed by atoms with Gasteiger partial charge in [-0.15, -0.1) is 0 Å². The molecule has 5 heteroatoms. The molecule has 0 fully saturated rings. The van der Waals surface area contributed by atoms with Gasteiger partial charge in [-0.2, -0.15) is 5.10 Å². The summed E-state index contributed by atoms with van der Waals surface area (Å²) in [6.07, 6.45) is 4.50. The summed E-state index contributed by atoms with van der Waals surface area (Å²) in [5.74, 6) is -0.0623. The average molecular weight is 242 g/mol. The van der Waals surface area contributed by atoms with E-state index in [4.69, 9.17) is 0 Å². The first kappa shape index (κ1) is 10.8. The Hall–Kier alpha value is -2.30. The van der Waals surface area contributed by atoms with Crippen LogP contribution in [0.25, 0.3) is 0 Å². The molecule has 1 amide bonds. The lowest BCUT2D eigenvalue weighted by atomic mass is 10.1. The van der Waals surface area contributed by atoms with Crippen LogP contribution in [0.3, 0.4) is 0 Å². The van der Waals surface area contributed by atoms with Gasteiger partial charge in [0.25, 0.3) is 5.91 Å². The van der Waals surface area contributed by atoms with Crippen molar-refractivity contribution in [3.8, 4) is 0 Å². The summed E-state index contributed by atoms with van der Waals surface area (Å²) < 4.78 is 0. The van der Waals surface area contributed by atoms with Gasteiger partial charge in [-0.3, -0.25) is 9.89 Å². The highest BCUT2D eigenvalue weighted by molar-refractivity contribution is 5.95. The maximum Gasteiger partial charge on any atom is 0.251 e. The quantitative estimate of drug-likeness (QED) is 0.760. The van der Waals surface area contributed by atoms with Gasteiger partial charge in [-0.05, 0) is 24.1 Å². The van der Waals surface area contributed by atoms with Crippen LogP contribution in [0.1, 0.15) is 21.5 Å². The molecule has 18 heavy (non-hydrogen) atoms. The van der Waals surface area contributed by atoms with E-state index in [-0.39, 0.29) is 5.91 Å². The van der Waals surface area contributed by atoms with Crippen LogP contribution in [0.15, 0.2) is 30.6 Å². The number of amides is 1.